The van der Waals surface area contributed by atoms with Crippen LogP contribution in [0.4, 0.5) is 0 Å². The molecule has 2 heterocycles. The molecule has 1 saturated heterocycles. The lowest BCUT2D eigenvalue weighted by atomic mass is 9.85. The number of β-amino-alcohol motifs (C(OH)–C–C–N with tert-alkyl or cyclic N) is 1. The summed E-state index contributed by atoms with van der Waals surface area (Å²) in [6.45, 7) is 10.0. The number of nitrogens with one attached hydrogen (secondary N) is 2. The van der Waals surface area contributed by atoms with Crippen LogP contribution in [-0.4, -0.2) is 75.5 Å². The Kier molecular flexibility index (Phi) is 14.7. The van der Waals surface area contributed by atoms with E-state index in [2.05, 4.69) is 27.5 Å². The van der Waals surface area contributed by atoms with E-state index in [4.69, 9.17) is 16.2 Å². The number of carbonyl (C=O) groups is 4. The summed E-state index contributed by atoms with van der Waals surface area (Å²) in [4.78, 5) is 58.1. The minimum atomic E-state index is -0.915. The highest BCUT2D eigenvalue weighted by Crippen LogP contribution is 2.28. The topological polar surface area (TPSA) is 190 Å². The zero-order valence-electron chi connectivity index (χ0n) is 31.2. The van der Waals surface area contributed by atoms with Gasteiger partial charge in [0.1, 0.15) is 12.1 Å². The van der Waals surface area contributed by atoms with E-state index in [0.717, 1.165) is 32.8 Å². The second-order valence-electron chi connectivity index (χ2n) is 14.6. The van der Waals surface area contributed by atoms with E-state index in [0.29, 0.717) is 13.0 Å². The lowest BCUT2D eigenvalue weighted by Gasteiger charge is -2.35. The maximum atomic E-state index is 13.9. The average Bonchev–Trinajstić information content (AvgIpc) is 3.74. The average molecular weight is 745 g/mol. The lowest BCUT2D eigenvalue weighted by Crippen LogP contribution is -2.57. The molecule has 1 fully saturated rings. The number of ether oxygens (including phenoxy) is 1. The molecule has 1 aromatic heterocycles. The molecule has 13 heteroatoms. The summed E-state index contributed by atoms with van der Waals surface area (Å²) >= 11 is 1.57. The maximum Gasteiger partial charge on any atom is 0.246 e. The number of amides is 4. The first-order valence-corrected chi connectivity index (χ1v) is 18.8. The predicted molar refractivity (Wildman–Crippen MR) is 205 cm³/mol. The van der Waals surface area contributed by atoms with Crippen LogP contribution >= 0.6 is 11.3 Å². The number of nitrogens with two attached hydrogens (primary N) is 2. The number of benzene rings is 2. The highest BCUT2D eigenvalue weighted by Gasteiger charge is 2.44. The van der Waals surface area contributed by atoms with E-state index in [1.807, 2.05) is 88.7 Å². The normalized spacial score (nSPS) is 17.3. The van der Waals surface area contributed by atoms with Gasteiger partial charge in [-0.2, -0.15) is 0 Å². The molecule has 12 nitrogen and oxygen atoms in total. The van der Waals surface area contributed by atoms with E-state index in [1.165, 1.54) is 4.90 Å². The summed E-state index contributed by atoms with van der Waals surface area (Å²) in [5, 5.41) is 16.3. The smallest absolute Gasteiger partial charge is 0.246 e. The Morgan fingerprint density at radius 1 is 1.08 bits per heavy atom. The van der Waals surface area contributed by atoms with Crippen molar-refractivity contribution in [3.8, 4) is 22.3 Å². The summed E-state index contributed by atoms with van der Waals surface area (Å²) in [6, 6.07) is 13.4. The molecular weight excluding hydrogens is 693 g/mol. The second kappa shape index (κ2) is 18.9. The number of thiazole rings is 1. The van der Waals surface area contributed by atoms with Crippen LogP contribution in [0.15, 0.2) is 54.0 Å². The zero-order chi connectivity index (χ0) is 38.7. The molecule has 0 radical (unpaired) electrons. The van der Waals surface area contributed by atoms with Crippen LogP contribution < -0.4 is 22.1 Å². The van der Waals surface area contributed by atoms with Crippen LogP contribution in [0.25, 0.3) is 10.4 Å². The fourth-order valence-corrected chi connectivity index (χ4v) is 6.74. The van der Waals surface area contributed by atoms with Crippen molar-refractivity contribution < 1.29 is 29.0 Å². The van der Waals surface area contributed by atoms with Crippen LogP contribution in [0.5, 0.6) is 0 Å². The molecule has 0 bridgehead atoms. The van der Waals surface area contributed by atoms with E-state index >= 15 is 0 Å². The Hall–Kier alpha value is -4.61. The molecule has 1 aliphatic heterocycles. The van der Waals surface area contributed by atoms with Crippen LogP contribution in [0, 0.1) is 24.2 Å². The third-order valence-corrected chi connectivity index (χ3v) is 10.2. The number of hydrogen-bond acceptors (Lipinski definition) is 9. The van der Waals surface area contributed by atoms with Gasteiger partial charge in [-0.1, -0.05) is 69.0 Å². The summed E-state index contributed by atoms with van der Waals surface area (Å²) in [6.07, 6.45) is 0.0596. The monoisotopic (exact) mass is 744 g/mol. The maximum absolute atomic E-state index is 13.9. The van der Waals surface area contributed by atoms with Gasteiger partial charge < -0.3 is 36.8 Å². The minimum Gasteiger partial charge on any atom is -0.391 e. The second-order valence-corrected chi connectivity index (χ2v) is 15.5. The van der Waals surface area contributed by atoms with Gasteiger partial charge in [0, 0.05) is 50.4 Å². The van der Waals surface area contributed by atoms with Gasteiger partial charge in [0.25, 0.3) is 0 Å². The van der Waals surface area contributed by atoms with Crippen molar-refractivity contribution in [1.29, 1.82) is 0 Å². The van der Waals surface area contributed by atoms with Gasteiger partial charge in [-0.3, -0.25) is 19.2 Å². The SMILES string of the molecule is Cc1ncsc1-c1ccc(CNC(=O)[C@@H]2C[C@@H](O)CN2C(=O)[C@@H](NC(=O)CCC#Cc2ccc(CO[C@H](C)[C@@H](N)CCC(N)=O)cc2)C(C)(C)C)cc1. The number of hydrogen-bond donors (Lipinski definition) is 5. The molecule has 0 aliphatic carbocycles. The first kappa shape index (κ1) is 41.2. The molecule has 284 valence electrons. The summed E-state index contributed by atoms with van der Waals surface area (Å²) in [7, 11) is 0. The van der Waals surface area contributed by atoms with Gasteiger partial charge in [0.05, 0.1) is 34.9 Å². The molecule has 53 heavy (non-hydrogen) atoms. The summed E-state index contributed by atoms with van der Waals surface area (Å²) in [5.41, 5.74) is 17.1. The number of rotatable bonds is 15. The molecule has 0 spiro atoms. The number of primary amides is 1. The fraction of sp³-hybridized carbons (Fsp3) is 0.475. The van der Waals surface area contributed by atoms with Gasteiger partial charge in [0.2, 0.25) is 23.6 Å². The fourth-order valence-electron chi connectivity index (χ4n) is 5.93. The largest absolute Gasteiger partial charge is 0.391 e. The van der Waals surface area contributed by atoms with Gasteiger partial charge in [-0.05, 0) is 54.5 Å². The molecule has 3 aromatic rings. The Bertz CT molecular complexity index is 1780. The molecule has 1 aliphatic rings. The van der Waals surface area contributed by atoms with Crippen LogP contribution in [0.2, 0.25) is 0 Å². The number of aromatic nitrogens is 1. The van der Waals surface area contributed by atoms with Crippen molar-refractivity contribution in [2.45, 2.75) is 110 Å². The molecule has 2 aromatic carbocycles. The number of aliphatic hydroxyl groups is 1. The van der Waals surface area contributed by atoms with Crippen molar-refractivity contribution in [1.82, 2.24) is 20.5 Å². The Balaban J connectivity index is 1.27. The summed E-state index contributed by atoms with van der Waals surface area (Å²) < 4.78 is 5.84. The zero-order valence-corrected chi connectivity index (χ0v) is 32.0. The van der Waals surface area contributed by atoms with Gasteiger partial charge in [-0.15, -0.1) is 11.3 Å². The van der Waals surface area contributed by atoms with Crippen LogP contribution in [0.3, 0.4) is 0 Å². The molecule has 5 atom stereocenters. The molecule has 0 unspecified atom stereocenters. The third kappa shape index (κ3) is 12.2. The van der Waals surface area contributed by atoms with E-state index in [9.17, 15) is 24.3 Å². The first-order valence-electron chi connectivity index (χ1n) is 17.9. The molecule has 4 amide bonds. The molecule has 0 saturated carbocycles. The predicted octanol–water partition coefficient (Wildman–Crippen LogP) is 3.56. The van der Waals surface area contributed by atoms with E-state index in [1.54, 1.807) is 11.3 Å². The minimum absolute atomic E-state index is 0.00216. The van der Waals surface area contributed by atoms with Crippen molar-refractivity contribution in [3.05, 3.63) is 76.4 Å². The van der Waals surface area contributed by atoms with Crippen molar-refractivity contribution in [2.24, 2.45) is 16.9 Å². The Morgan fingerprint density at radius 3 is 2.38 bits per heavy atom. The number of aryl methyl sites for hydroxylation is 1. The van der Waals surface area contributed by atoms with Crippen molar-refractivity contribution in [2.75, 3.05) is 6.54 Å². The van der Waals surface area contributed by atoms with Crippen LogP contribution in [-0.2, 0) is 37.1 Å². The number of aliphatic hydroxyl groups excluding tert-OH is 1. The number of carbonyl (C=O) groups excluding carboxylic acids is 4. The number of nitrogens with zero attached hydrogens (tertiary/aromatic N) is 2. The van der Waals surface area contributed by atoms with Gasteiger partial charge in [0.15, 0.2) is 0 Å². The Morgan fingerprint density at radius 2 is 1.75 bits per heavy atom. The first-order chi connectivity index (χ1) is 25.1. The number of likely N-dealkylation sites (tertiary alicyclic amines) is 1. The molecular formula is C40H52N6O6S. The van der Waals surface area contributed by atoms with Crippen molar-refractivity contribution >= 4 is 35.0 Å². The Labute approximate surface area is 316 Å². The quantitative estimate of drug-likeness (QED) is 0.146. The van der Waals surface area contributed by atoms with E-state index in [-0.39, 0.29) is 68.6 Å². The van der Waals surface area contributed by atoms with Gasteiger partial charge >= 0.3 is 0 Å². The standard InChI is InChI=1S/C40H52N6O6S/c1-25-36(53-24-44-25)30-16-14-28(15-17-30)21-43-38(50)33-20-31(47)22-46(33)39(51)37(40(3,4)5)45-35(49)9-7-6-8-27-10-12-29(13-11-27)23-52-26(2)32(41)18-19-34(42)48/h10-17,24,26,31-33,37,47H,7,9,18-23,41H2,1-5H3,(H2,42,48)(H,43,50)(H,45,49)/t26-,31-,32+,33+,37-/m1/s1. The molecule has 4 rings (SSSR count). The van der Waals surface area contributed by atoms with E-state index < -0.39 is 29.5 Å². The highest BCUT2D eigenvalue weighted by molar-refractivity contribution is 7.13. The lowest BCUT2D eigenvalue weighted by molar-refractivity contribution is -0.144. The highest BCUT2D eigenvalue weighted by atomic mass is 32.1. The molecule has 7 N–H and O–H groups in total. The van der Waals surface area contributed by atoms with Gasteiger partial charge in [-0.25, -0.2) is 4.98 Å². The van der Waals surface area contributed by atoms with Crippen molar-refractivity contribution in [3.63, 3.8) is 0 Å². The van der Waals surface area contributed by atoms with Crippen LogP contribution in [0.1, 0.15) is 82.2 Å². The third-order valence-electron chi connectivity index (χ3n) is 9.22. The summed E-state index contributed by atoms with van der Waals surface area (Å²) in [5.74, 6) is 4.60.